The van der Waals surface area contributed by atoms with E-state index in [-0.39, 0.29) is 10.8 Å². The third kappa shape index (κ3) is 4.59. The number of rotatable bonds is 5. The van der Waals surface area contributed by atoms with Crippen LogP contribution in [0.1, 0.15) is 21.5 Å². The fourth-order valence-corrected chi connectivity index (χ4v) is 3.25. The van der Waals surface area contributed by atoms with E-state index in [0.717, 1.165) is 23.1 Å². The molecule has 4 nitrogen and oxygen atoms in total. The number of benzene rings is 2. The molecular weight excluding hydrogens is 330 g/mol. The SMILES string of the molecule is CSCc1ccc(C(=O)Nc2cc(S(C)(=O)=O)ccc2C)cc1. The fourth-order valence-electron chi connectivity index (χ4n) is 2.08. The number of aryl methyl sites for hydroxylation is 1. The van der Waals surface area contributed by atoms with Gasteiger partial charge in [0.2, 0.25) is 0 Å². The van der Waals surface area contributed by atoms with Gasteiger partial charge in [-0.3, -0.25) is 4.79 Å². The summed E-state index contributed by atoms with van der Waals surface area (Å²) >= 11 is 1.72. The number of carbonyl (C=O) groups excluding carboxylic acids is 1. The highest BCUT2D eigenvalue weighted by molar-refractivity contribution is 7.97. The summed E-state index contributed by atoms with van der Waals surface area (Å²) in [7, 11) is -3.31. The molecule has 0 bridgehead atoms. The molecule has 2 rings (SSSR count). The Labute approximate surface area is 141 Å². The fraction of sp³-hybridized carbons (Fsp3) is 0.235. The standard InChI is InChI=1S/C17H19NO3S2/c1-12-4-9-15(23(3,20)21)10-16(12)18-17(19)14-7-5-13(6-8-14)11-22-2/h4-10H,11H2,1-3H3,(H,18,19). The zero-order chi connectivity index (χ0) is 17.0. The van der Waals surface area contributed by atoms with Gasteiger partial charge in [0.15, 0.2) is 9.84 Å². The van der Waals surface area contributed by atoms with Crippen LogP contribution in [0.2, 0.25) is 0 Å². The second kappa shape index (κ2) is 7.19. The van der Waals surface area contributed by atoms with Crippen molar-refractivity contribution in [3.63, 3.8) is 0 Å². The number of carbonyl (C=O) groups is 1. The van der Waals surface area contributed by atoms with E-state index in [4.69, 9.17) is 0 Å². The Balaban J connectivity index is 2.23. The molecule has 23 heavy (non-hydrogen) atoms. The van der Waals surface area contributed by atoms with Crippen molar-refractivity contribution in [2.75, 3.05) is 17.8 Å². The minimum Gasteiger partial charge on any atom is -0.322 e. The van der Waals surface area contributed by atoms with Crippen LogP contribution in [-0.4, -0.2) is 26.8 Å². The molecule has 0 radical (unpaired) electrons. The third-order valence-corrected chi connectivity index (χ3v) is 5.14. The predicted octanol–water partition coefficient (Wildman–Crippen LogP) is 3.51. The van der Waals surface area contributed by atoms with E-state index in [2.05, 4.69) is 5.32 Å². The smallest absolute Gasteiger partial charge is 0.255 e. The van der Waals surface area contributed by atoms with Crippen molar-refractivity contribution >= 4 is 33.2 Å². The molecule has 0 heterocycles. The molecule has 1 N–H and O–H groups in total. The Hall–Kier alpha value is -1.79. The van der Waals surface area contributed by atoms with E-state index < -0.39 is 9.84 Å². The zero-order valence-electron chi connectivity index (χ0n) is 13.3. The van der Waals surface area contributed by atoms with Crippen molar-refractivity contribution in [2.45, 2.75) is 17.6 Å². The number of nitrogens with one attached hydrogen (secondary N) is 1. The lowest BCUT2D eigenvalue weighted by molar-refractivity contribution is 0.102. The van der Waals surface area contributed by atoms with Crippen molar-refractivity contribution in [3.8, 4) is 0 Å². The summed E-state index contributed by atoms with van der Waals surface area (Å²) in [6.07, 6.45) is 3.17. The maximum absolute atomic E-state index is 12.3. The van der Waals surface area contributed by atoms with E-state index in [1.54, 1.807) is 30.0 Å². The highest BCUT2D eigenvalue weighted by atomic mass is 32.2. The quantitative estimate of drug-likeness (QED) is 0.897. The van der Waals surface area contributed by atoms with Gasteiger partial charge in [0, 0.05) is 23.3 Å². The molecule has 6 heteroatoms. The van der Waals surface area contributed by atoms with Gasteiger partial charge < -0.3 is 5.32 Å². The monoisotopic (exact) mass is 349 g/mol. The first-order valence-corrected chi connectivity index (χ1v) is 10.3. The Morgan fingerprint density at radius 2 is 1.78 bits per heavy atom. The number of hydrogen-bond acceptors (Lipinski definition) is 4. The topological polar surface area (TPSA) is 63.2 Å². The van der Waals surface area contributed by atoms with Crippen molar-refractivity contribution < 1.29 is 13.2 Å². The molecule has 1 amide bonds. The summed E-state index contributed by atoms with van der Waals surface area (Å²) in [6.45, 7) is 1.82. The molecule has 0 atom stereocenters. The van der Waals surface area contributed by atoms with Crippen LogP contribution in [0, 0.1) is 6.92 Å². The van der Waals surface area contributed by atoms with Gasteiger partial charge >= 0.3 is 0 Å². The highest BCUT2D eigenvalue weighted by Gasteiger charge is 2.12. The lowest BCUT2D eigenvalue weighted by atomic mass is 10.1. The lowest BCUT2D eigenvalue weighted by Crippen LogP contribution is -2.13. The number of sulfone groups is 1. The second-order valence-corrected chi connectivity index (χ2v) is 8.21. The summed E-state index contributed by atoms with van der Waals surface area (Å²) in [4.78, 5) is 12.5. The van der Waals surface area contributed by atoms with E-state index in [0.29, 0.717) is 11.3 Å². The average Bonchev–Trinajstić information content (AvgIpc) is 2.49. The maximum atomic E-state index is 12.3. The summed E-state index contributed by atoms with van der Waals surface area (Å²) in [5, 5.41) is 2.78. The van der Waals surface area contributed by atoms with Crippen molar-refractivity contribution in [3.05, 3.63) is 59.2 Å². The van der Waals surface area contributed by atoms with Gasteiger partial charge in [-0.15, -0.1) is 0 Å². The van der Waals surface area contributed by atoms with Crippen molar-refractivity contribution in [2.24, 2.45) is 0 Å². The van der Waals surface area contributed by atoms with Crippen LogP contribution in [0.3, 0.4) is 0 Å². The maximum Gasteiger partial charge on any atom is 0.255 e. The van der Waals surface area contributed by atoms with E-state index in [1.807, 2.05) is 25.3 Å². The summed E-state index contributed by atoms with van der Waals surface area (Å²) in [6, 6.07) is 12.1. The highest BCUT2D eigenvalue weighted by Crippen LogP contribution is 2.21. The van der Waals surface area contributed by atoms with Crippen LogP contribution in [0.5, 0.6) is 0 Å². The molecule has 0 spiro atoms. The molecule has 0 fully saturated rings. The number of amides is 1. The van der Waals surface area contributed by atoms with E-state index in [9.17, 15) is 13.2 Å². The molecule has 0 aliphatic heterocycles. The number of anilines is 1. The molecule has 0 unspecified atom stereocenters. The minimum atomic E-state index is -3.31. The second-order valence-electron chi connectivity index (χ2n) is 5.33. The lowest BCUT2D eigenvalue weighted by Gasteiger charge is -2.10. The largest absolute Gasteiger partial charge is 0.322 e. The van der Waals surface area contributed by atoms with Crippen LogP contribution in [0.25, 0.3) is 0 Å². The third-order valence-electron chi connectivity index (χ3n) is 3.41. The Morgan fingerprint density at radius 1 is 1.13 bits per heavy atom. The van der Waals surface area contributed by atoms with E-state index >= 15 is 0 Å². The van der Waals surface area contributed by atoms with Gasteiger partial charge in [0.05, 0.1) is 4.90 Å². The van der Waals surface area contributed by atoms with Gasteiger partial charge in [0.25, 0.3) is 5.91 Å². The van der Waals surface area contributed by atoms with Crippen molar-refractivity contribution in [1.82, 2.24) is 0 Å². The predicted molar refractivity (Wildman–Crippen MR) is 95.9 cm³/mol. The summed E-state index contributed by atoms with van der Waals surface area (Å²) < 4.78 is 23.3. The molecule has 0 aliphatic carbocycles. The summed E-state index contributed by atoms with van der Waals surface area (Å²) in [5.74, 6) is 0.645. The van der Waals surface area contributed by atoms with Crippen LogP contribution in [0.4, 0.5) is 5.69 Å². The Bertz CT molecular complexity index is 812. The number of thioether (sulfide) groups is 1. The Kier molecular flexibility index (Phi) is 5.49. The van der Waals surface area contributed by atoms with Crippen LogP contribution >= 0.6 is 11.8 Å². The Morgan fingerprint density at radius 3 is 2.35 bits per heavy atom. The molecular formula is C17H19NO3S2. The first-order valence-electron chi connectivity index (χ1n) is 7.01. The normalized spacial score (nSPS) is 11.3. The van der Waals surface area contributed by atoms with Gasteiger partial charge in [-0.2, -0.15) is 11.8 Å². The van der Waals surface area contributed by atoms with Gasteiger partial charge in [-0.25, -0.2) is 8.42 Å². The number of hydrogen-bond donors (Lipinski definition) is 1. The molecule has 0 saturated heterocycles. The molecule has 0 aromatic heterocycles. The first-order chi connectivity index (χ1) is 10.8. The molecule has 2 aromatic carbocycles. The van der Waals surface area contributed by atoms with Gasteiger partial charge in [-0.05, 0) is 48.6 Å². The molecule has 0 aliphatic rings. The average molecular weight is 349 g/mol. The van der Waals surface area contributed by atoms with Crippen LogP contribution < -0.4 is 5.32 Å². The molecule has 2 aromatic rings. The van der Waals surface area contributed by atoms with Gasteiger partial charge in [0.1, 0.15) is 0 Å². The molecule has 0 saturated carbocycles. The van der Waals surface area contributed by atoms with E-state index in [1.165, 1.54) is 12.1 Å². The summed E-state index contributed by atoms with van der Waals surface area (Å²) in [5.41, 5.74) is 3.01. The minimum absolute atomic E-state index is 0.189. The van der Waals surface area contributed by atoms with Crippen LogP contribution in [-0.2, 0) is 15.6 Å². The molecule has 122 valence electrons. The van der Waals surface area contributed by atoms with Crippen molar-refractivity contribution in [1.29, 1.82) is 0 Å². The van der Waals surface area contributed by atoms with Gasteiger partial charge in [-0.1, -0.05) is 18.2 Å². The zero-order valence-corrected chi connectivity index (χ0v) is 14.9. The first kappa shape index (κ1) is 17.6. The van der Waals surface area contributed by atoms with Crippen LogP contribution in [0.15, 0.2) is 47.4 Å².